The van der Waals surface area contributed by atoms with Gasteiger partial charge in [-0.2, -0.15) is 0 Å². The number of anilines is 3. The number of carboxylic acid groups (broad SMARTS) is 1. The lowest BCUT2D eigenvalue weighted by Gasteiger charge is -2.33. The summed E-state index contributed by atoms with van der Waals surface area (Å²) in [5, 5.41) is 12.7. The molecule has 0 amide bonds. The Bertz CT molecular complexity index is 1150. The van der Waals surface area contributed by atoms with Crippen LogP contribution in [-0.2, 0) is 10.2 Å². The Hall–Kier alpha value is -3.81. The van der Waals surface area contributed by atoms with Gasteiger partial charge in [0.15, 0.2) is 17.3 Å². The molecule has 8 nitrogen and oxygen atoms in total. The van der Waals surface area contributed by atoms with E-state index < -0.39 is 11.4 Å². The maximum Gasteiger partial charge on any atom is 0.313 e. The molecule has 1 saturated heterocycles. The molecule has 0 aliphatic carbocycles. The number of rotatable bonds is 9. The number of carboxylic acids is 1. The first-order chi connectivity index (χ1) is 16.9. The summed E-state index contributed by atoms with van der Waals surface area (Å²) in [6, 6.07) is 15.1. The Morgan fingerprint density at radius 2 is 1.89 bits per heavy atom. The molecule has 1 aliphatic heterocycles. The molecule has 0 bridgehead atoms. The van der Waals surface area contributed by atoms with Crippen molar-refractivity contribution < 1.29 is 19.4 Å². The number of aromatic nitrogens is 2. The molecular formula is C27H32N4O4. The van der Waals surface area contributed by atoms with E-state index >= 15 is 0 Å². The monoisotopic (exact) mass is 476 g/mol. The summed E-state index contributed by atoms with van der Waals surface area (Å²) in [5.74, 6) is 2.07. The standard InChI is InChI=1S/C27H32N4O4/c1-4-34-22-9-5-6-10-23(22)35-21-8-7-15-31(18-21)25-17-28-16-24(30-25)29-20-13-11-19(12-14-20)27(2,3)26(32)33/h5-6,9-14,16-17,21H,4,7-8,15,18H2,1-3H3,(H,29,30)(H,32,33)/t21-/m1/s1. The number of nitrogens with one attached hydrogen (secondary N) is 1. The fraction of sp³-hybridized carbons (Fsp3) is 0.370. The van der Waals surface area contributed by atoms with Crippen molar-refractivity contribution in [1.29, 1.82) is 0 Å². The zero-order valence-corrected chi connectivity index (χ0v) is 20.4. The minimum Gasteiger partial charge on any atom is -0.490 e. The van der Waals surface area contributed by atoms with Crippen molar-refractivity contribution in [2.75, 3.05) is 29.9 Å². The van der Waals surface area contributed by atoms with Crippen LogP contribution < -0.4 is 19.7 Å². The van der Waals surface area contributed by atoms with Gasteiger partial charge in [0.2, 0.25) is 0 Å². The van der Waals surface area contributed by atoms with Crippen molar-refractivity contribution in [3.05, 3.63) is 66.5 Å². The molecule has 0 spiro atoms. The molecule has 2 aromatic carbocycles. The average Bonchev–Trinajstić information content (AvgIpc) is 2.86. The highest BCUT2D eigenvalue weighted by Crippen LogP contribution is 2.30. The Kier molecular flexibility index (Phi) is 7.39. The molecule has 0 unspecified atom stereocenters. The van der Waals surface area contributed by atoms with Crippen molar-refractivity contribution >= 4 is 23.3 Å². The molecule has 1 fully saturated rings. The molecule has 1 aliphatic rings. The van der Waals surface area contributed by atoms with Crippen LogP contribution in [0.5, 0.6) is 11.5 Å². The van der Waals surface area contributed by atoms with Gasteiger partial charge in [-0.25, -0.2) is 4.98 Å². The third-order valence-electron chi connectivity index (χ3n) is 6.18. The van der Waals surface area contributed by atoms with Crippen LogP contribution >= 0.6 is 0 Å². The topological polar surface area (TPSA) is 96.8 Å². The van der Waals surface area contributed by atoms with Gasteiger partial charge in [0.05, 0.1) is 31.0 Å². The second-order valence-electron chi connectivity index (χ2n) is 9.10. The molecule has 3 aromatic rings. The van der Waals surface area contributed by atoms with Gasteiger partial charge < -0.3 is 24.8 Å². The third kappa shape index (κ3) is 5.82. The van der Waals surface area contributed by atoms with Crippen LogP contribution in [0.25, 0.3) is 0 Å². The van der Waals surface area contributed by atoms with Gasteiger partial charge in [-0.1, -0.05) is 24.3 Å². The first kappa shape index (κ1) is 24.3. The number of hydrogen-bond donors (Lipinski definition) is 2. The Labute approximate surface area is 205 Å². The molecular weight excluding hydrogens is 444 g/mol. The first-order valence-electron chi connectivity index (χ1n) is 11.9. The maximum atomic E-state index is 11.5. The van der Waals surface area contributed by atoms with Crippen molar-refractivity contribution in [2.45, 2.75) is 45.1 Å². The summed E-state index contributed by atoms with van der Waals surface area (Å²) in [5.41, 5.74) is 0.600. The SMILES string of the molecule is CCOc1ccccc1O[C@@H]1CCCN(c2cncc(Nc3ccc(C(C)(C)C(=O)O)cc3)n2)C1. The lowest BCUT2D eigenvalue weighted by atomic mass is 9.85. The fourth-order valence-electron chi connectivity index (χ4n) is 4.05. The summed E-state index contributed by atoms with van der Waals surface area (Å²) in [4.78, 5) is 22.8. The highest BCUT2D eigenvalue weighted by molar-refractivity contribution is 5.80. The number of para-hydroxylation sites is 2. The van der Waals surface area contributed by atoms with Crippen LogP contribution in [0.15, 0.2) is 60.9 Å². The second-order valence-corrected chi connectivity index (χ2v) is 9.10. The van der Waals surface area contributed by atoms with E-state index in [0.717, 1.165) is 48.0 Å². The van der Waals surface area contributed by atoms with Gasteiger partial charge in [0.1, 0.15) is 11.9 Å². The van der Waals surface area contributed by atoms with Gasteiger partial charge in [-0.3, -0.25) is 9.78 Å². The quantitative estimate of drug-likeness (QED) is 0.444. The Balaban J connectivity index is 1.43. The minimum absolute atomic E-state index is 0.0221. The van der Waals surface area contributed by atoms with Crippen LogP contribution in [-0.4, -0.2) is 46.8 Å². The first-order valence-corrected chi connectivity index (χ1v) is 11.9. The van der Waals surface area contributed by atoms with Crippen LogP contribution in [0, 0.1) is 0 Å². The van der Waals surface area contributed by atoms with E-state index in [0.29, 0.717) is 19.0 Å². The van der Waals surface area contributed by atoms with E-state index in [1.807, 2.05) is 55.5 Å². The third-order valence-corrected chi connectivity index (χ3v) is 6.18. The van der Waals surface area contributed by atoms with E-state index in [1.165, 1.54) is 0 Å². The predicted octanol–water partition coefficient (Wildman–Crippen LogP) is 5.03. The van der Waals surface area contributed by atoms with Crippen LogP contribution in [0.2, 0.25) is 0 Å². The number of carbonyl (C=O) groups is 1. The van der Waals surface area contributed by atoms with Gasteiger partial charge in [0, 0.05) is 12.2 Å². The number of benzene rings is 2. The minimum atomic E-state index is -0.950. The van der Waals surface area contributed by atoms with Gasteiger partial charge >= 0.3 is 5.97 Å². The van der Waals surface area contributed by atoms with Crippen molar-refractivity contribution in [2.24, 2.45) is 0 Å². The number of nitrogens with zero attached hydrogens (tertiary/aromatic N) is 3. The van der Waals surface area contributed by atoms with E-state index in [1.54, 1.807) is 26.2 Å². The lowest BCUT2D eigenvalue weighted by molar-refractivity contribution is -0.142. The van der Waals surface area contributed by atoms with E-state index in [-0.39, 0.29) is 6.10 Å². The number of piperidine rings is 1. The highest BCUT2D eigenvalue weighted by Gasteiger charge is 2.29. The molecule has 184 valence electrons. The van der Waals surface area contributed by atoms with Crippen molar-refractivity contribution in [3.8, 4) is 11.5 Å². The average molecular weight is 477 g/mol. The summed E-state index contributed by atoms with van der Waals surface area (Å²) < 4.78 is 12.0. The zero-order chi connectivity index (χ0) is 24.8. The highest BCUT2D eigenvalue weighted by atomic mass is 16.5. The normalized spacial score (nSPS) is 16.0. The molecule has 4 rings (SSSR count). The molecule has 35 heavy (non-hydrogen) atoms. The van der Waals surface area contributed by atoms with Crippen LogP contribution in [0.3, 0.4) is 0 Å². The summed E-state index contributed by atoms with van der Waals surface area (Å²) in [7, 11) is 0. The number of ether oxygens (including phenoxy) is 2. The number of aliphatic carboxylic acids is 1. The van der Waals surface area contributed by atoms with Crippen LogP contribution in [0.4, 0.5) is 17.3 Å². The van der Waals surface area contributed by atoms with Crippen molar-refractivity contribution in [3.63, 3.8) is 0 Å². The van der Waals surface area contributed by atoms with Gasteiger partial charge in [0.25, 0.3) is 0 Å². The van der Waals surface area contributed by atoms with E-state index in [9.17, 15) is 9.90 Å². The zero-order valence-electron chi connectivity index (χ0n) is 20.4. The molecule has 1 atom stereocenters. The molecule has 0 saturated carbocycles. The maximum absolute atomic E-state index is 11.5. The second kappa shape index (κ2) is 10.6. The van der Waals surface area contributed by atoms with E-state index in [4.69, 9.17) is 14.5 Å². The Morgan fingerprint density at radius 1 is 1.14 bits per heavy atom. The van der Waals surface area contributed by atoms with E-state index in [2.05, 4.69) is 15.2 Å². The largest absolute Gasteiger partial charge is 0.490 e. The van der Waals surface area contributed by atoms with Crippen molar-refractivity contribution in [1.82, 2.24) is 9.97 Å². The Morgan fingerprint density at radius 3 is 2.60 bits per heavy atom. The van der Waals surface area contributed by atoms with Gasteiger partial charge in [-0.15, -0.1) is 0 Å². The smallest absolute Gasteiger partial charge is 0.313 e. The predicted molar refractivity (Wildman–Crippen MR) is 136 cm³/mol. The molecule has 8 heteroatoms. The molecule has 0 radical (unpaired) electrons. The summed E-state index contributed by atoms with van der Waals surface area (Å²) >= 11 is 0. The van der Waals surface area contributed by atoms with Gasteiger partial charge in [-0.05, 0) is 63.4 Å². The fourth-order valence-corrected chi connectivity index (χ4v) is 4.05. The van der Waals surface area contributed by atoms with Crippen LogP contribution in [0.1, 0.15) is 39.2 Å². The summed E-state index contributed by atoms with van der Waals surface area (Å²) in [6.45, 7) is 7.52. The molecule has 1 aromatic heterocycles. The molecule has 2 N–H and O–H groups in total. The lowest BCUT2D eigenvalue weighted by Crippen LogP contribution is -2.41. The molecule has 2 heterocycles. The summed E-state index contributed by atoms with van der Waals surface area (Å²) in [6.07, 6.45) is 5.41. The number of hydrogen-bond acceptors (Lipinski definition) is 7.